The van der Waals surface area contributed by atoms with Crippen LogP contribution in [0.4, 0.5) is 0 Å². The number of amides is 1. The first-order valence-corrected chi connectivity index (χ1v) is 13.5. The lowest BCUT2D eigenvalue weighted by molar-refractivity contribution is -0.134. The molecule has 0 radical (unpaired) electrons. The Balaban J connectivity index is 1.39. The van der Waals surface area contributed by atoms with Crippen LogP contribution < -0.4 is 10.9 Å². The van der Waals surface area contributed by atoms with E-state index in [9.17, 15) is 14.7 Å². The Morgan fingerprint density at radius 1 is 1.21 bits per heavy atom. The van der Waals surface area contributed by atoms with E-state index in [0.29, 0.717) is 18.0 Å². The van der Waals surface area contributed by atoms with Crippen LogP contribution in [0.3, 0.4) is 0 Å². The molecule has 2 aliphatic rings. The predicted octanol–water partition coefficient (Wildman–Crippen LogP) is 3.36. The molecule has 9 nitrogen and oxygen atoms in total. The van der Waals surface area contributed by atoms with Crippen molar-refractivity contribution in [3.63, 3.8) is 0 Å². The van der Waals surface area contributed by atoms with Crippen molar-refractivity contribution in [2.75, 3.05) is 6.54 Å². The van der Waals surface area contributed by atoms with E-state index in [1.54, 1.807) is 28.6 Å². The molecule has 1 saturated heterocycles. The van der Waals surface area contributed by atoms with Gasteiger partial charge in [0, 0.05) is 32.1 Å². The number of pyridine rings is 1. The van der Waals surface area contributed by atoms with Gasteiger partial charge in [-0.15, -0.1) is 0 Å². The number of β-amino-alcohol motifs (C(OH)–C–C–N with tert-alkyl or cyclic N) is 1. The zero-order chi connectivity index (χ0) is 28.1. The zero-order valence-corrected chi connectivity index (χ0v) is 23.4. The number of carbonyl (C=O) groups excluding carboxylic acids is 1. The summed E-state index contributed by atoms with van der Waals surface area (Å²) in [4.78, 5) is 32.7. The zero-order valence-electron chi connectivity index (χ0n) is 23.4. The Bertz CT molecular complexity index is 1460. The van der Waals surface area contributed by atoms with Crippen LogP contribution in [-0.2, 0) is 17.4 Å². The van der Waals surface area contributed by atoms with Gasteiger partial charge < -0.3 is 24.4 Å². The normalized spacial score (nSPS) is 25.6. The molecular formula is C30H37N5O4. The highest BCUT2D eigenvalue weighted by atomic mass is 16.5. The maximum Gasteiger partial charge on any atom is 0.250 e. The van der Waals surface area contributed by atoms with Gasteiger partial charge >= 0.3 is 0 Å². The molecule has 2 N–H and O–H groups in total. The van der Waals surface area contributed by atoms with Gasteiger partial charge in [-0.05, 0) is 43.9 Å². The largest absolute Gasteiger partial charge is 0.391 e. The fourth-order valence-electron chi connectivity index (χ4n) is 5.82. The molecule has 4 heterocycles. The van der Waals surface area contributed by atoms with Crippen molar-refractivity contribution < 1.29 is 14.4 Å². The number of amidine groups is 1. The SMILES string of the molecule is Cc1cc([C@H](C(=O)N2C[C@H](O)C[C@@H]2C2=NC(C)[C@@](C)(c3ccc(-c4cccc(=O)n4C)cc3)N2)C(C)C)on1. The number of nitrogens with zero attached hydrogens (tertiary/aromatic N) is 4. The van der Waals surface area contributed by atoms with Gasteiger partial charge in [0.05, 0.1) is 35.1 Å². The minimum atomic E-state index is -0.633. The standard InChI is InChI=1S/C30H37N5O4/c1-17(2)27(25-14-18(3)33-39-25)29(38)35-16-22(36)15-24(35)28-31-19(4)30(5,32-28)21-12-10-20(11-13-21)23-8-7-9-26(37)34(23)6/h7-14,17,19,22,24,27,36H,15-16H2,1-6H3,(H,31,32)/t19?,22-,24-,27-,30+/m1/s1. The number of nitrogens with one attached hydrogen (secondary N) is 1. The van der Waals surface area contributed by atoms with Crippen LogP contribution >= 0.6 is 0 Å². The number of hydrogen-bond acceptors (Lipinski definition) is 7. The molecule has 5 atom stereocenters. The predicted molar refractivity (Wildman–Crippen MR) is 149 cm³/mol. The topological polar surface area (TPSA) is 113 Å². The van der Waals surface area contributed by atoms with E-state index in [1.165, 1.54) is 0 Å². The summed E-state index contributed by atoms with van der Waals surface area (Å²) >= 11 is 0. The van der Waals surface area contributed by atoms with E-state index in [4.69, 9.17) is 9.52 Å². The van der Waals surface area contributed by atoms with Crippen molar-refractivity contribution in [1.82, 2.24) is 19.9 Å². The number of carbonyl (C=O) groups is 1. The third-order valence-electron chi connectivity index (χ3n) is 8.28. The van der Waals surface area contributed by atoms with Gasteiger partial charge in [-0.25, -0.2) is 0 Å². The highest BCUT2D eigenvalue weighted by molar-refractivity contribution is 5.95. The van der Waals surface area contributed by atoms with Crippen LogP contribution in [0.5, 0.6) is 0 Å². The second kappa shape index (κ2) is 10.1. The summed E-state index contributed by atoms with van der Waals surface area (Å²) in [7, 11) is 1.77. The van der Waals surface area contributed by atoms with Gasteiger partial charge in [-0.2, -0.15) is 0 Å². The third kappa shape index (κ3) is 4.80. The number of aryl methyl sites for hydroxylation is 1. The van der Waals surface area contributed by atoms with Crippen molar-refractivity contribution >= 4 is 11.7 Å². The van der Waals surface area contributed by atoms with Crippen LogP contribution in [0.25, 0.3) is 11.3 Å². The van der Waals surface area contributed by atoms with Crippen LogP contribution in [0.1, 0.15) is 57.1 Å². The summed E-state index contributed by atoms with van der Waals surface area (Å²) in [6, 6.07) is 14.7. The van der Waals surface area contributed by atoms with E-state index in [1.807, 2.05) is 45.0 Å². The average molecular weight is 532 g/mol. The minimum Gasteiger partial charge on any atom is -0.391 e. The fourth-order valence-corrected chi connectivity index (χ4v) is 5.82. The Labute approximate surface area is 228 Å². The fraction of sp³-hybridized carbons (Fsp3) is 0.467. The monoisotopic (exact) mass is 531 g/mol. The number of aromatic nitrogens is 2. The molecule has 1 fully saturated rings. The van der Waals surface area contributed by atoms with Crippen molar-refractivity contribution in [2.45, 2.75) is 70.7 Å². The van der Waals surface area contributed by atoms with Gasteiger partial charge in [-0.1, -0.05) is 49.3 Å². The number of aliphatic hydroxyl groups excluding tert-OH is 1. The summed E-state index contributed by atoms with van der Waals surface area (Å²) < 4.78 is 7.13. The maximum atomic E-state index is 13.9. The van der Waals surface area contributed by atoms with Crippen molar-refractivity contribution in [3.8, 4) is 11.3 Å². The van der Waals surface area contributed by atoms with E-state index in [0.717, 1.165) is 22.5 Å². The summed E-state index contributed by atoms with van der Waals surface area (Å²) in [5.41, 5.74) is 3.02. The van der Waals surface area contributed by atoms with Crippen LogP contribution in [0.15, 0.2) is 62.8 Å². The molecule has 1 amide bonds. The number of aliphatic hydroxyl groups is 1. The molecule has 0 aliphatic carbocycles. The number of rotatable bonds is 6. The van der Waals surface area contributed by atoms with Crippen molar-refractivity contribution in [2.24, 2.45) is 18.0 Å². The molecule has 0 bridgehead atoms. The van der Waals surface area contributed by atoms with Crippen molar-refractivity contribution in [3.05, 3.63) is 75.9 Å². The van der Waals surface area contributed by atoms with E-state index in [2.05, 4.69) is 36.5 Å². The Morgan fingerprint density at radius 2 is 1.92 bits per heavy atom. The van der Waals surface area contributed by atoms with Gasteiger partial charge in [-0.3, -0.25) is 14.6 Å². The number of hydrogen-bond donors (Lipinski definition) is 2. The summed E-state index contributed by atoms with van der Waals surface area (Å²) in [5, 5.41) is 18.2. The minimum absolute atomic E-state index is 0.00599. The maximum absolute atomic E-state index is 13.9. The van der Waals surface area contributed by atoms with Gasteiger partial charge in [0.2, 0.25) is 5.91 Å². The molecular weight excluding hydrogens is 494 g/mol. The summed E-state index contributed by atoms with van der Waals surface area (Å²) in [6.45, 7) is 10.2. The van der Waals surface area contributed by atoms with Crippen LogP contribution in [0, 0.1) is 12.8 Å². The molecule has 3 aromatic rings. The number of benzene rings is 1. The highest BCUT2D eigenvalue weighted by Gasteiger charge is 2.47. The van der Waals surface area contributed by atoms with Crippen LogP contribution in [-0.4, -0.2) is 56.2 Å². The Kier molecular flexibility index (Phi) is 6.97. The molecule has 1 unspecified atom stereocenters. The quantitative estimate of drug-likeness (QED) is 0.504. The summed E-state index contributed by atoms with van der Waals surface area (Å²) in [6.07, 6.45) is -0.214. The second-order valence-electron chi connectivity index (χ2n) is 11.4. The second-order valence-corrected chi connectivity index (χ2v) is 11.4. The van der Waals surface area contributed by atoms with E-state index in [-0.39, 0.29) is 36.0 Å². The summed E-state index contributed by atoms with van der Waals surface area (Å²) in [5.74, 6) is 0.662. The van der Waals surface area contributed by atoms with Crippen molar-refractivity contribution in [1.29, 1.82) is 0 Å². The molecule has 2 aliphatic heterocycles. The molecule has 0 saturated carbocycles. The van der Waals surface area contributed by atoms with E-state index < -0.39 is 17.6 Å². The molecule has 0 spiro atoms. The number of aliphatic imine (C=N–C) groups is 1. The highest BCUT2D eigenvalue weighted by Crippen LogP contribution is 2.36. The molecule has 39 heavy (non-hydrogen) atoms. The molecule has 5 rings (SSSR count). The van der Waals surface area contributed by atoms with E-state index >= 15 is 0 Å². The lowest BCUT2D eigenvalue weighted by atomic mass is 9.86. The molecule has 206 valence electrons. The first kappa shape index (κ1) is 26.9. The number of likely N-dealkylation sites (tertiary alicyclic amines) is 1. The lowest BCUT2D eigenvalue weighted by Gasteiger charge is -2.33. The first-order valence-electron chi connectivity index (χ1n) is 13.5. The molecule has 1 aromatic carbocycles. The van der Waals surface area contributed by atoms with Gasteiger partial charge in [0.1, 0.15) is 17.5 Å². The van der Waals surface area contributed by atoms with Gasteiger partial charge in [0.15, 0.2) is 0 Å². The van der Waals surface area contributed by atoms with Crippen LogP contribution in [0.2, 0.25) is 0 Å². The average Bonchev–Trinajstić information content (AvgIpc) is 3.58. The lowest BCUT2D eigenvalue weighted by Crippen LogP contribution is -2.51. The van der Waals surface area contributed by atoms with Gasteiger partial charge in [0.25, 0.3) is 5.56 Å². The molecule has 9 heteroatoms. The Hall–Kier alpha value is -3.72. The third-order valence-corrected chi connectivity index (χ3v) is 8.28. The first-order chi connectivity index (χ1) is 18.5. The smallest absolute Gasteiger partial charge is 0.250 e. The molecule has 2 aromatic heterocycles. The Morgan fingerprint density at radius 3 is 2.56 bits per heavy atom.